The molecule has 1 aromatic carbocycles. The van der Waals surface area contributed by atoms with Crippen molar-refractivity contribution >= 4 is 15.7 Å². The largest absolute Gasteiger partial charge is 0.411 e. The van der Waals surface area contributed by atoms with Gasteiger partial charge in [0.25, 0.3) is 0 Å². The Morgan fingerprint density at radius 1 is 1.32 bits per heavy atom. The van der Waals surface area contributed by atoms with Crippen LogP contribution in [0.5, 0.6) is 0 Å². The van der Waals surface area contributed by atoms with Crippen molar-refractivity contribution in [2.45, 2.75) is 25.2 Å². The number of hydrogen-bond acceptors (Lipinski definition) is 4. The van der Waals surface area contributed by atoms with Crippen LogP contribution in [0.15, 0.2) is 34.3 Å². The lowest BCUT2D eigenvalue weighted by Crippen LogP contribution is -2.43. The number of nitrogens with zero attached hydrogens (tertiary/aromatic N) is 2. The van der Waals surface area contributed by atoms with Gasteiger partial charge in [-0.05, 0) is 19.1 Å². The van der Waals surface area contributed by atoms with E-state index in [1.54, 1.807) is 24.3 Å². The molecule has 1 N–H and O–H groups in total. The minimum atomic E-state index is -3.45. The first-order chi connectivity index (χ1) is 8.95. The lowest BCUT2D eigenvalue weighted by molar-refractivity contribution is 0.300. The zero-order valence-electron chi connectivity index (χ0n) is 11.1. The second-order valence-corrected chi connectivity index (χ2v) is 6.86. The monoisotopic (exact) mass is 282 g/mol. The molecular weight excluding hydrogens is 264 g/mol. The van der Waals surface area contributed by atoms with Crippen molar-refractivity contribution in [1.29, 1.82) is 0 Å². The van der Waals surface area contributed by atoms with Crippen molar-refractivity contribution in [2.24, 2.45) is 11.1 Å². The summed E-state index contributed by atoms with van der Waals surface area (Å²) >= 11 is 0. The van der Waals surface area contributed by atoms with Crippen molar-refractivity contribution < 1.29 is 13.6 Å². The summed E-state index contributed by atoms with van der Waals surface area (Å²) in [6, 6.07) is 6.84. The highest BCUT2D eigenvalue weighted by atomic mass is 32.2. The number of oxime groups is 1. The van der Waals surface area contributed by atoms with Crippen LogP contribution in [0.25, 0.3) is 0 Å². The smallest absolute Gasteiger partial charge is 0.243 e. The molecule has 1 unspecified atom stereocenters. The summed E-state index contributed by atoms with van der Waals surface area (Å²) in [4.78, 5) is 0.315. The molecule has 19 heavy (non-hydrogen) atoms. The summed E-state index contributed by atoms with van der Waals surface area (Å²) in [7, 11) is -3.45. The van der Waals surface area contributed by atoms with E-state index < -0.39 is 10.0 Å². The van der Waals surface area contributed by atoms with Gasteiger partial charge in [0.05, 0.1) is 10.6 Å². The number of aryl methyl sites for hydroxylation is 1. The summed E-state index contributed by atoms with van der Waals surface area (Å²) in [5.74, 6) is -0.0565. The first-order valence-electron chi connectivity index (χ1n) is 6.23. The molecular formula is C13H18N2O3S. The summed E-state index contributed by atoms with van der Waals surface area (Å²) in [6.45, 7) is 4.50. The minimum Gasteiger partial charge on any atom is -0.411 e. The second kappa shape index (κ2) is 5.30. The Bertz CT molecular complexity index is 578. The van der Waals surface area contributed by atoms with Crippen molar-refractivity contribution in [1.82, 2.24) is 4.31 Å². The fourth-order valence-corrected chi connectivity index (χ4v) is 3.74. The molecule has 1 heterocycles. The third-order valence-corrected chi connectivity index (χ3v) is 5.33. The third kappa shape index (κ3) is 2.79. The van der Waals surface area contributed by atoms with Crippen LogP contribution in [0.4, 0.5) is 0 Å². The van der Waals surface area contributed by atoms with Crippen LogP contribution in [0, 0.1) is 12.8 Å². The van der Waals surface area contributed by atoms with E-state index in [1.165, 1.54) is 4.31 Å². The molecule has 1 fully saturated rings. The molecule has 0 amide bonds. The zero-order valence-corrected chi connectivity index (χ0v) is 11.9. The molecule has 1 aliphatic rings. The SMILES string of the molecule is Cc1ccc(S(=O)(=O)N2CC/C(=N\O)C(C)C2)cc1. The van der Waals surface area contributed by atoms with Gasteiger partial charge in [0.2, 0.25) is 10.0 Å². The van der Waals surface area contributed by atoms with Gasteiger partial charge in [-0.15, -0.1) is 0 Å². The highest BCUT2D eigenvalue weighted by Crippen LogP contribution is 2.22. The molecule has 1 saturated heterocycles. The van der Waals surface area contributed by atoms with Crippen molar-refractivity contribution in [3.05, 3.63) is 29.8 Å². The van der Waals surface area contributed by atoms with Crippen molar-refractivity contribution in [3.8, 4) is 0 Å². The van der Waals surface area contributed by atoms with E-state index in [2.05, 4.69) is 5.16 Å². The number of piperidine rings is 1. The predicted molar refractivity (Wildman–Crippen MR) is 72.9 cm³/mol. The van der Waals surface area contributed by atoms with Crippen LogP contribution < -0.4 is 0 Å². The van der Waals surface area contributed by atoms with Crippen LogP contribution >= 0.6 is 0 Å². The van der Waals surface area contributed by atoms with E-state index in [9.17, 15) is 8.42 Å². The molecule has 0 bridgehead atoms. The van der Waals surface area contributed by atoms with E-state index in [1.807, 2.05) is 13.8 Å². The van der Waals surface area contributed by atoms with Gasteiger partial charge in [0.1, 0.15) is 0 Å². The van der Waals surface area contributed by atoms with E-state index in [0.29, 0.717) is 30.1 Å². The van der Waals surface area contributed by atoms with Gasteiger partial charge in [-0.25, -0.2) is 8.42 Å². The second-order valence-electron chi connectivity index (χ2n) is 4.92. The van der Waals surface area contributed by atoms with Gasteiger partial charge in [-0.3, -0.25) is 0 Å². The van der Waals surface area contributed by atoms with Gasteiger partial charge in [-0.1, -0.05) is 29.8 Å². The quantitative estimate of drug-likeness (QED) is 0.665. The molecule has 5 nitrogen and oxygen atoms in total. The molecule has 0 radical (unpaired) electrons. The standard InChI is InChI=1S/C13H18N2O3S/c1-10-3-5-12(6-4-10)19(17,18)15-8-7-13(14-16)11(2)9-15/h3-6,11,16H,7-9H2,1-2H3/b14-13+. The van der Waals surface area contributed by atoms with Gasteiger partial charge in [0.15, 0.2) is 0 Å². The Labute approximate surface area is 113 Å². The van der Waals surface area contributed by atoms with Crippen LogP contribution in [-0.2, 0) is 10.0 Å². The topological polar surface area (TPSA) is 70.0 Å². The van der Waals surface area contributed by atoms with Gasteiger partial charge in [-0.2, -0.15) is 4.31 Å². The van der Waals surface area contributed by atoms with E-state index in [0.717, 1.165) is 5.56 Å². The Kier molecular flexibility index (Phi) is 3.91. The first-order valence-corrected chi connectivity index (χ1v) is 7.67. The molecule has 0 spiro atoms. The molecule has 104 valence electrons. The molecule has 0 aliphatic carbocycles. The Balaban J connectivity index is 2.24. The Morgan fingerprint density at radius 2 is 1.95 bits per heavy atom. The molecule has 6 heteroatoms. The maximum Gasteiger partial charge on any atom is 0.243 e. The molecule has 0 aromatic heterocycles. The summed E-state index contributed by atoms with van der Waals surface area (Å²) in [5.41, 5.74) is 1.69. The van der Waals surface area contributed by atoms with Crippen LogP contribution in [0.2, 0.25) is 0 Å². The summed E-state index contributed by atoms with van der Waals surface area (Å²) in [6.07, 6.45) is 0.475. The zero-order chi connectivity index (χ0) is 14.0. The Morgan fingerprint density at radius 3 is 2.47 bits per heavy atom. The fraction of sp³-hybridized carbons (Fsp3) is 0.462. The summed E-state index contributed by atoms with van der Waals surface area (Å²) < 4.78 is 26.4. The number of hydrogen-bond donors (Lipinski definition) is 1. The van der Waals surface area contributed by atoms with Gasteiger partial charge >= 0.3 is 0 Å². The van der Waals surface area contributed by atoms with E-state index in [-0.39, 0.29) is 5.92 Å². The van der Waals surface area contributed by atoms with Crippen molar-refractivity contribution in [2.75, 3.05) is 13.1 Å². The lowest BCUT2D eigenvalue weighted by atomic mass is 10.00. The lowest BCUT2D eigenvalue weighted by Gasteiger charge is -2.30. The average Bonchev–Trinajstić information content (AvgIpc) is 2.39. The Hall–Kier alpha value is -1.40. The van der Waals surface area contributed by atoms with E-state index >= 15 is 0 Å². The average molecular weight is 282 g/mol. The summed E-state index contributed by atoms with van der Waals surface area (Å²) in [5, 5.41) is 12.0. The van der Waals surface area contributed by atoms with Crippen molar-refractivity contribution in [3.63, 3.8) is 0 Å². The third-order valence-electron chi connectivity index (χ3n) is 3.45. The highest BCUT2D eigenvalue weighted by Gasteiger charge is 2.31. The predicted octanol–water partition coefficient (Wildman–Crippen LogP) is 1.86. The van der Waals surface area contributed by atoms with Crippen LogP contribution in [-0.4, -0.2) is 36.7 Å². The van der Waals surface area contributed by atoms with Crippen LogP contribution in [0.1, 0.15) is 18.9 Å². The molecule has 2 rings (SSSR count). The number of benzene rings is 1. The number of sulfonamides is 1. The van der Waals surface area contributed by atoms with E-state index in [4.69, 9.17) is 5.21 Å². The molecule has 0 saturated carbocycles. The maximum absolute atomic E-state index is 12.5. The highest BCUT2D eigenvalue weighted by molar-refractivity contribution is 7.89. The molecule has 1 atom stereocenters. The fourth-order valence-electron chi connectivity index (χ4n) is 2.21. The maximum atomic E-state index is 12.5. The van der Waals surface area contributed by atoms with Gasteiger partial charge < -0.3 is 5.21 Å². The molecule has 1 aliphatic heterocycles. The molecule has 1 aromatic rings. The van der Waals surface area contributed by atoms with Gasteiger partial charge in [0, 0.05) is 25.4 Å². The first kappa shape index (κ1) is 14.0. The number of rotatable bonds is 2. The van der Waals surface area contributed by atoms with Crippen LogP contribution in [0.3, 0.4) is 0 Å². The minimum absolute atomic E-state index is 0.0565. The normalized spacial score (nSPS) is 23.7.